The molecule has 0 aliphatic heterocycles. The van der Waals surface area contributed by atoms with Crippen molar-refractivity contribution in [3.05, 3.63) is 24.1 Å². The molecule has 3 N–H and O–H groups in total. The smallest absolute Gasteiger partial charge is 0.131 e. The van der Waals surface area contributed by atoms with Crippen LogP contribution >= 0.6 is 0 Å². The summed E-state index contributed by atoms with van der Waals surface area (Å²) in [5.41, 5.74) is 8.18. The van der Waals surface area contributed by atoms with Gasteiger partial charge in [0.15, 0.2) is 0 Å². The molecule has 0 atom stereocenters. The quantitative estimate of drug-likeness (QED) is 0.719. The first kappa shape index (κ1) is 8.00. The molecule has 68 valence electrons. The van der Waals surface area contributed by atoms with Gasteiger partial charge in [-0.25, -0.2) is 0 Å². The summed E-state index contributed by atoms with van der Waals surface area (Å²) in [7, 11) is 0. The van der Waals surface area contributed by atoms with E-state index in [0.717, 1.165) is 23.4 Å². The Morgan fingerprint density at radius 1 is 1.54 bits per heavy atom. The Kier molecular flexibility index (Phi) is 2.09. The zero-order valence-electron chi connectivity index (χ0n) is 7.03. The fourth-order valence-corrected chi connectivity index (χ4v) is 1.22. The highest BCUT2D eigenvalue weighted by Gasteiger charge is 2.08. The molecule has 2 aromatic heterocycles. The van der Waals surface area contributed by atoms with Gasteiger partial charge in [0.2, 0.25) is 0 Å². The molecule has 0 fully saturated rings. The van der Waals surface area contributed by atoms with Crippen molar-refractivity contribution in [3.63, 3.8) is 0 Å². The van der Waals surface area contributed by atoms with E-state index in [9.17, 15) is 0 Å². The summed E-state index contributed by atoms with van der Waals surface area (Å²) in [5.74, 6) is 0. The Labute approximate surface area is 74.9 Å². The molecule has 0 aliphatic carbocycles. The van der Waals surface area contributed by atoms with Gasteiger partial charge in [-0.05, 0) is 13.0 Å². The zero-order valence-corrected chi connectivity index (χ0v) is 7.03. The van der Waals surface area contributed by atoms with Gasteiger partial charge >= 0.3 is 0 Å². The van der Waals surface area contributed by atoms with Crippen molar-refractivity contribution in [2.24, 2.45) is 5.73 Å². The molecule has 0 aliphatic rings. The van der Waals surface area contributed by atoms with Crippen molar-refractivity contribution >= 4 is 0 Å². The van der Waals surface area contributed by atoms with Gasteiger partial charge in [-0.2, -0.15) is 5.10 Å². The van der Waals surface area contributed by atoms with Gasteiger partial charge in [0.25, 0.3) is 0 Å². The number of hydrogen-bond donors (Lipinski definition) is 2. The van der Waals surface area contributed by atoms with Crippen LogP contribution in [0, 0.1) is 0 Å². The summed E-state index contributed by atoms with van der Waals surface area (Å²) in [4.78, 5) is 0. The van der Waals surface area contributed by atoms with Gasteiger partial charge in [-0.1, -0.05) is 5.16 Å². The lowest BCUT2D eigenvalue weighted by molar-refractivity contribution is 0.422. The van der Waals surface area contributed by atoms with Gasteiger partial charge in [-0.15, -0.1) is 0 Å². The fourth-order valence-electron chi connectivity index (χ4n) is 1.22. The summed E-state index contributed by atoms with van der Waals surface area (Å²) < 4.78 is 4.74. The maximum atomic E-state index is 5.46. The van der Waals surface area contributed by atoms with E-state index >= 15 is 0 Å². The number of nitrogens with zero attached hydrogens (tertiary/aromatic N) is 2. The van der Waals surface area contributed by atoms with E-state index in [1.807, 2.05) is 0 Å². The topological polar surface area (TPSA) is 80.7 Å². The van der Waals surface area contributed by atoms with Crippen LogP contribution in [-0.4, -0.2) is 21.9 Å². The van der Waals surface area contributed by atoms with Crippen molar-refractivity contribution in [3.8, 4) is 11.4 Å². The minimum Gasteiger partial charge on any atom is -0.364 e. The van der Waals surface area contributed by atoms with E-state index in [1.54, 1.807) is 12.3 Å². The monoisotopic (exact) mass is 178 g/mol. The molecule has 5 heteroatoms. The molecule has 0 unspecified atom stereocenters. The second-order valence-corrected chi connectivity index (χ2v) is 2.69. The van der Waals surface area contributed by atoms with Crippen LogP contribution in [0.1, 0.15) is 5.56 Å². The minimum absolute atomic E-state index is 0.602. The predicted octanol–water partition coefficient (Wildman–Crippen LogP) is 0.566. The molecule has 0 saturated heterocycles. The Hall–Kier alpha value is -1.62. The molecule has 0 spiro atoms. The standard InChI is InChI=1S/C8H10N4O/c9-3-1-6-5-10-11-8(6)7-2-4-13-12-7/h2,4-5H,1,3,9H2,(H,10,11). The highest BCUT2D eigenvalue weighted by atomic mass is 16.5. The lowest BCUT2D eigenvalue weighted by atomic mass is 10.1. The normalized spacial score (nSPS) is 10.5. The summed E-state index contributed by atoms with van der Waals surface area (Å²) >= 11 is 0. The molecule has 5 nitrogen and oxygen atoms in total. The molecular formula is C8H10N4O. The highest BCUT2D eigenvalue weighted by Crippen LogP contribution is 2.18. The number of H-pyrrole nitrogens is 1. The SMILES string of the molecule is NCCc1cn[nH]c1-c1ccon1. The lowest BCUT2D eigenvalue weighted by Crippen LogP contribution is -2.02. The Morgan fingerprint density at radius 3 is 3.15 bits per heavy atom. The van der Waals surface area contributed by atoms with E-state index in [4.69, 9.17) is 10.3 Å². The predicted molar refractivity (Wildman–Crippen MR) is 46.8 cm³/mol. The van der Waals surface area contributed by atoms with Crippen LogP contribution in [-0.2, 0) is 6.42 Å². The number of aromatic amines is 1. The molecular weight excluding hydrogens is 168 g/mol. The number of aromatic nitrogens is 3. The van der Waals surface area contributed by atoms with Crippen LogP contribution in [0.4, 0.5) is 0 Å². The van der Waals surface area contributed by atoms with Gasteiger partial charge in [0.1, 0.15) is 12.0 Å². The highest BCUT2D eigenvalue weighted by molar-refractivity contribution is 5.57. The van der Waals surface area contributed by atoms with Crippen molar-refractivity contribution in [2.75, 3.05) is 6.54 Å². The Balaban J connectivity index is 2.35. The molecule has 2 heterocycles. The first-order valence-corrected chi connectivity index (χ1v) is 4.05. The fraction of sp³-hybridized carbons (Fsp3) is 0.250. The Morgan fingerprint density at radius 2 is 2.46 bits per heavy atom. The van der Waals surface area contributed by atoms with Gasteiger partial charge in [0, 0.05) is 11.6 Å². The lowest BCUT2D eigenvalue weighted by Gasteiger charge is -1.95. The first-order chi connectivity index (χ1) is 6.42. The molecule has 0 aromatic carbocycles. The average Bonchev–Trinajstić information content (AvgIpc) is 2.71. The third kappa shape index (κ3) is 1.46. The van der Waals surface area contributed by atoms with Crippen molar-refractivity contribution in [1.29, 1.82) is 0 Å². The molecule has 0 amide bonds. The summed E-state index contributed by atoms with van der Waals surface area (Å²) in [6.07, 6.45) is 4.08. The minimum atomic E-state index is 0.602. The van der Waals surface area contributed by atoms with E-state index in [2.05, 4.69) is 15.4 Å². The maximum Gasteiger partial charge on any atom is 0.131 e. The average molecular weight is 178 g/mol. The van der Waals surface area contributed by atoms with Crippen LogP contribution in [0.3, 0.4) is 0 Å². The third-order valence-electron chi connectivity index (χ3n) is 1.83. The van der Waals surface area contributed by atoms with Gasteiger partial charge in [-0.3, -0.25) is 5.10 Å². The summed E-state index contributed by atoms with van der Waals surface area (Å²) in [5, 5.41) is 10.6. The molecule has 2 aromatic rings. The summed E-state index contributed by atoms with van der Waals surface area (Å²) in [6, 6.07) is 1.79. The van der Waals surface area contributed by atoms with Crippen LogP contribution in [0.5, 0.6) is 0 Å². The van der Waals surface area contributed by atoms with Crippen molar-refractivity contribution < 1.29 is 4.52 Å². The zero-order chi connectivity index (χ0) is 9.10. The van der Waals surface area contributed by atoms with Gasteiger partial charge in [0.05, 0.1) is 11.9 Å². The van der Waals surface area contributed by atoms with Crippen LogP contribution < -0.4 is 5.73 Å². The number of rotatable bonds is 3. The molecule has 2 rings (SSSR count). The summed E-state index contributed by atoms with van der Waals surface area (Å²) in [6.45, 7) is 0.602. The largest absolute Gasteiger partial charge is 0.364 e. The van der Waals surface area contributed by atoms with E-state index in [0.29, 0.717) is 6.54 Å². The molecule has 0 bridgehead atoms. The second kappa shape index (κ2) is 3.40. The van der Waals surface area contributed by atoms with Crippen LogP contribution in [0.2, 0.25) is 0 Å². The number of hydrogen-bond acceptors (Lipinski definition) is 4. The van der Waals surface area contributed by atoms with Crippen LogP contribution in [0.15, 0.2) is 23.0 Å². The molecule has 13 heavy (non-hydrogen) atoms. The molecule has 0 radical (unpaired) electrons. The van der Waals surface area contributed by atoms with Crippen molar-refractivity contribution in [1.82, 2.24) is 15.4 Å². The van der Waals surface area contributed by atoms with E-state index < -0.39 is 0 Å². The Bertz CT molecular complexity index is 365. The first-order valence-electron chi connectivity index (χ1n) is 4.05. The number of nitrogens with one attached hydrogen (secondary N) is 1. The van der Waals surface area contributed by atoms with E-state index in [-0.39, 0.29) is 0 Å². The van der Waals surface area contributed by atoms with Gasteiger partial charge < -0.3 is 10.3 Å². The maximum absolute atomic E-state index is 5.46. The number of nitrogens with two attached hydrogens (primary N) is 1. The van der Waals surface area contributed by atoms with Crippen molar-refractivity contribution in [2.45, 2.75) is 6.42 Å². The molecule has 0 saturated carbocycles. The third-order valence-corrected chi connectivity index (χ3v) is 1.83. The van der Waals surface area contributed by atoms with Crippen LogP contribution in [0.25, 0.3) is 11.4 Å². The second-order valence-electron chi connectivity index (χ2n) is 2.69. The van der Waals surface area contributed by atoms with E-state index in [1.165, 1.54) is 6.26 Å².